The van der Waals surface area contributed by atoms with Crippen molar-refractivity contribution in [2.45, 2.75) is 38.8 Å². The van der Waals surface area contributed by atoms with Gasteiger partial charge in [-0.05, 0) is 38.3 Å². The Kier molecular flexibility index (Phi) is 10.5. The summed E-state index contributed by atoms with van der Waals surface area (Å²) < 4.78 is 19.3. The van der Waals surface area contributed by atoms with Crippen LogP contribution >= 0.6 is 0 Å². The summed E-state index contributed by atoms with van der Waals surface area (Å²) in [5, 5.41) is 2.92. The highest BCUT2D eigenvalue weighted by molar-refractivity contribution is 6.85. The van der Waals surface area contributed by atoms with Crippen LogP contribution in [0.15, 0.2) is 91.5 Å². The molecule has 3 nitrogen and oxygen atoms in total. The molecular formula is C29H38O3Si2. The lowest BCUT2D eigenvalue weighted by atomic mass is 10.1. The molecule has 0 aliphatic carbocycles. The maximum atomic E-state index is 6.43. The molecule has 3 rings (SSSR count). The highest BCUT2D eigenvalue weighted by atomic mass is 28.4. The number of rotatable bonds is 14. The molecule has 3 aromatic rings. The summed E-state index contributed by atoms with van der Waals surface area (Å²) in [7, 11) is -4.43. The molecule has 0 saturated carbocycles. The largest absolute Gasteiger partial charge is 0.508 e. The van der Waals surface area contributed by atoms with E-state index < -0.39 is 17.6 Å². The van der Waals surface area contributed by atoms with Crippen LogP contribution in [-0.4, -0.2) is 37.4 Å². The van der Waals surface area contributed by atoms with Crippen LogP contribution in [0.4, 0.5) is 0 Å². The Labute approximate surface area is 208 Å². The van der Waals surface area contributed by atoms with Crippen LogP contribution in [0.5, 0.6) is 0 Å². The molecule has 0 fully saturated rings. The van der Waals surface area contributed by atoms with Crippen molar-refractivity contribution < 1.29 is 13.3 Å². The van der Waals surface area contributed by atoms with Crippen molar-refractivity contribution in [3.63, 3.8) is 0 Å². The average Bonchev–Trinajstić information content (AvgIpc) is 2.88. The molecule has 0 saturated heterocycles. The molecule has 0 N–H and O–H groups in total. The summed E-state index contributed by atoms with van der Waals surface area (Å²) in [5.41, 5.74) is 2.39. The third-order valence-electron chi connectivity index (χ3n) is 6.16. The number of benzene rings is 3. The van der Waals surface area contributed by atoms with Crippen molar-refractivity contribution in [1.29, 1.82) is 0 Å². The first kappa shape index (κ1) is 26.3. The minimum atomic E-state index is -2.98. The van der Waals surface area contributed by atoms with Gasteiger partial charge in [0, 0.05) is 19.8 Å². The topological polar surface area (TPSA) is 27.7 Å². The Hall–Kier alpha value is -2.29. The Morgan fingerprint density at radius 3 is 1.76 bits per heavy atom. The van der Waals surface area contributed by atoms with E-state index in [9.17, 15) is 0 Å². The fraction of sp³-hybridized carbons (Fsp3) is 0.310. The molecule has 0 aliphatic rings. The molecule has 3 aromatic carbocycles. The van der Waals surface area contributed by atoms with Crippen LogP contribution in [0.1, 0.15) is 43.9 Å². The fourth-order valence-corrected chi connectivity index (χ4v) is 11.3. The standard InChI is InChI=1S/C29H38O3Si2/c1-5-25-16-15-17-26(24-25)29(34(30-6-2,31-7-3)32-8-4)22-23-33(27-18-11-9-12-19-27)28-20-13-10-14-21-28/h5,9-21,24,29,33H,1,6-8,22-23H2,2-4H3. The van der Waals surface area contributed by atoms with E-state index in [4.69, 9.17) is 13.3 Å². The highest BCUT2D eigenvalue weighted by Crippen LogP contribution is 2.35. The molecule has 0 aromatic heterocycles. The second-order valence-electron chi connectivity index (χ2n) is 8.28. The van der Waals surface area contributed by atoms with Crippen LogP contribution in [0, 0.1) is 0 Å². The van der Waals surface area contributed by atoms with Crippen molar-refractivity contribution in [1.82, 2.24) is 0 Å². The zero-order valence-electron chi connectivity index (χ0n) is 20.8. The van der Waals surface area contributed by atoms with E-state index in [1.165, 1.54) is 15.9 Å². The van der Waals surface area contributed by atoms with Gasteiger partial charge in [-0.15, -0.1) is 0 Å². The zero-order valence-corrected chi connectivity index (χ0v) is 22.9. The normalized spacial score (nSPS) is 12.6. The van der Waals surface area contributed by atoms with Crippen LogP contribution in [-0.2, 0) is 13.3 Å². The minimum absolute atomic E-state index is 0.0645. The molecule has 0 spiro atoms. The lowest BCUT2D eigenvalue weighted by Gasteiger charge is -2.36. The van der Waals surface area contributed by atoms with Crippen molar-refractivity contribution in [3.8, 4) is 0 Å². The van der Waals surface area contributed by atoms with E-state index in [-0.39, 0.29) is 5.54 Å². The molecule has 0 amide bonds. The Bertz CT molecular complexity index is 938. The molecule has 0 heterocycles. The maximum absolute atomic E-state index is 6.43. The molecule has 34 heavy (non-hydrogen) atoms. The van der Waals surface area contributed by atoms with Gasteiger partial charge in [0.1, 0.15) is 8.80 Å². The van der Waals surface area contributed by atoms with Crippen LogP contribution < -0.4 is 10.4 Å². The van der Waals surface area contributed by atoms with Crippen LogP contribution in [0.25, 0.3) is 6.08 Å². The summed E-state index contributed by atoms with van der Waals surface area (Å²) in [6, 6.07) is 31.7. The van der Waals surface area contributed by atoms with E-state index >= 15 is 0 Å². The molecule has 1 unspecified atom stereocenters. The SMILES string of the molecule is C=Cc1cccc(C(CC[SiH](c2ccccc2)c2ccccc2)[Si](OCC)(OCC)OCC)c1. The van der Waals surface area contributed by atoms with Crippen molar-refractivity contribution in [2.24, 2.45) is 0 Å². The third-order valence-corrected chi connectivity index (χ3v) is 13.0. The molecule has 0 radical (unpaired) electrons. The van der Waals surface area contributed by atoms with Crippen LogP contribution in [0.3, 0.4) is 0 Å². The number of hydrogen-bond donors (Lipinski definition) is 0. The van der Waals surface area contributed by atoms with Gasteiger partial charge in [0.15, 0.2) is 0 Å². The van der Waals surface area contributed by atoms with Gasteiger partial charge in [-0.3, -0.25) is 0 Å². The summed E-state index contributed by atoms with van der Waals surface area (Å²) in [5.74, 6) is 0. The van der Waals surface area contributed by atoms with Gasteiger partial charge in [-0.25, -0.2) is 0 Å². The van der Waals surface area contributed by atoms with Crippen molar-refractivity contribution >= 4 is 34.1 Å². The number of hydrogen-bond acceptors (Lipinski definition) is 3. The molecule has 180 valence electrons. The van der Waals surface area contributed by atoms with E-state index in [0.29, 0.717) is 19.8 Å². The van der Waals surface area contributed by atoms with Gasteiger partial charge in [0.25, 0.3) is 0 Å². The van der Waals surface area contributed by atoms with E-state index in [2.05, 4.69) is 91.5 Å². The Balaban J connectivity index is 2.03. The maximum Gasteiger partial charge on any atom is 0.508 e. The van der Waals surface area contributed by atoms with Gasteiger partial charge in [-0.2, -0.15) is 0 Å². The van der Waals surface area contributed by atoms with E-state index in [1.807, 2.05) is 26.8 Å². The summed E-state index contributed by atoms with van der Waals surface area (Å²) in [6.45, 7) is 11.8. The molecule has 0 aliphatic heterocycles. The molecule has 5 heteroatoms. The van der Waals surface area contributed by atoms with Crippen molar-refractivity contribution in [3.05, 3.63) is 103 Å². The molecule has 1 atom stereocenters. The van der Waals surface area contributed by atoms with Gasteiger partial charge in [0.05, 0.1) is 5.54 Å². The minimum Gasteiger partial charge on any atom is -0.373 e. The van der Waals surface area contributed by atoms with Gasteiger partial charge >= 0.3 is 8.80 Å². The van der Waals surface area contributed by atoms with Crippen LogP contribution in [0.2, 0.25) is 6.04 Å². The quantitative estimate of drug-likeness (QED) is 0.282. The monoisotopic (exact) mass is 490 g/mol. The highest BCUT2D eigenvalue weighted by Gasteiger charge is 2.50. The first-order valence-electron chi connectivity index (χ1n) is 12.4. The lowest BCUT2D eigenvalue weighted by Crippen LogP contribution is -2.53. The lowest BCUT2D eigenvalue weighted by molar-refractivity contribution is 0.0611. The van der Waals surface area contributed by atoms with E-state index in [1.54, 1.807) is 0 Å². The first-order chi connectivity index (χ1) is 16.7. The predicted molar refractivity (Wildman–Crippen MR) is 149 cm³/mol. The fourth-order valence-electron chi connectivity index (χ4n) is 4.71. The second kappa shape index (κ2) is 13.6. The van der Waals surface area contributed by atoms with Gasteiger partial charge in [-0.1, -0.05) is 114 Å². The van der Waals surface area contributed by atoms with Gasteiger partial charge < -0.3 is 13.3 Å². The summed E-state index contributed by atoms with van der Waals surface area (Å²) in [6.07, 6.45) is 2.85. The summed E-state index contributed by atoms with van der Waals surface area (Å²) in [4.78, 5) is 0. The van der Waals surface area contributed by atoms with Crippen molar-refractivity contribution in [2.75, 3.05) is 19.8 Å². The second-order valence-corrected chi connectivity index (χ2v) is 14.1. The Morgan fingerprint density at radius 1 is 0.765 bits per heavy atom. The third kappa shape index (κ3) is 6.65. The smallest absolute Gasteiger partial charge is 0.373 e. The molecule has 0 bridgehead atoms. The zero-order chi connectivity index (χ0) is 24.2. The average molecular weight is 491 g/mol. The Morgan fingerprint density at radius 2 is 1.29 bits per heavy atom. The van der Waals surface area contributed by atoms with E-state index in [0.717, 1.165) is 18.0 Å². The van der Waals surface area contributed by atoms with Gasteiger partial charge in [0.2, 0.25) is 0 Å². The molecular weight excluding hydrogens is 452 g/mol. The predicted octanol–water partition coefficient (Wildman–Crippen LogP) is 5.43. The first-order valence-corrected chi connectivity index (χ1v) is 16.2. The summed E-state index contributed by atoms with van der Waals surface area (Å²) >= 11 is 0.